The van der Waals surface area contributed by atoms with Gasteiger partial charge in [-0.3, -0.25) is 4.79 Å². The molecule has 0 aliphatic heterocycles. The minimum absolute atomic E-state index is 0.112. The first-order chi connectivity index (χ1) is 9.18. The maximum atomic E-state index is 11.0. The van der Waals surface area contributed by atoms with Crippen molar-refractivity contribution in [1.82, 2.24) is 0 Å². The Hall–Kier alpha value is -1.35. The van der Waals surface area contributed by atoms with Gasteiger partial charge in [0, 0.05) is 6.04 Å². The van der Waals surface area contributed by atoms with E-state index in [2.05, 4.69) is 0 Å². The summed E-state index contributed by atoms with van der Waals surface area (Å²) < 4.78 is 0. The first kappa shape index (κ1) is 18.7. The zero-order valence-corrected chi connectivity index (χ0v) is 13.6. The quantitative estimate of drug-likeness (QED) is 0.847. The number of hydrogen-bond donors (Lipinski definition) is 2. The molecule has 0 saturated carbocycles. The van der Waals surface area contributed by atoms with E-state index in [4.69, 9.17) is 10.8 Å². The van der Waals surface area contributed by atoms with Crippen LogP contribution >= 0.6 is 0 Å². The van der Waals surface area contributed by atoms with Crippen LogP contribution in [-0.4, -0.2) is 11.1 Å². The fraction of sp³-hybridized carbons (Fsp3) is 0.588. The SMILES string of the molecule is CC.CC(C)(CC(=O)O)C(C)(C)C(N)c1ccccc1. The number of carboxylic acid groups (broad SMARTS) is 1. The third-order valence-electron chi connectivity index (χ3n) is 4.27. The standard InChI is InChI=1S/C15H23NO2.C2H6/c1-14(2,10-12(17)18)15(3,4)13(16)11-8-6-5-7-9-11;1-2/h5-9,13H,10,16H2,1-4H3,(H,17,18);1-2H3. The van der Waals surface area contributed by atoms with E-state index in [1.807, 2.05) is 71.9 Å². The lowest BCUT2D eigenvalue weighted by atomic mass is 9.61. The van der Waals surface area contributed by atoms with Crippen LogP contribution in [0.3, 0.4) is 0 Å². The van der Waals surface area contributed by atoms with Gasteiger partial charge in [-0.15, -0.1) is 0 Å². The molecule has 0 aliphatic rings. The van der Waals surface area contributed by atoms with Gasteiger partial charge in [0.2, 0.25) is 0 Å². The lowest BCUT2D eigenvalue weighted by Crippen LogP contribution is -2.42. The van der Waals surface area contributed by atoms with Gasteiger partial charge in [0.25, 0.3) is 0 Å². The van der Waals surface area contributed by atoms with Crippen LogP contribution in [0.1, 0.15) is 59.6 Å². The second-order valence-corrected chi connectivity index (χ2v) is 6.06. The zero-order chi connectivity index (χ0) is 16.0. The number of nitrogens with two attached hydrogens (primary N) is 1. The van der Waals surface area contributed by atoms with Crippen LogP contribution in [0, 0.1) is 10.8 Å². The highest BCUT2D eigenvalue weighted by molar-refractivity contribution is 5.67. The molecule has 114 valence electrons. The Labute approximate surface area is 123 Å². The molecule has 1 rings (SSSR count). The van der Waals surface area contributed by atoms with Crippen LogP contribution in [0.15, 0.2) is 30.3 Å². The van der Waals surface area contributed by atoms with Crippen LogP contribution in [0.25, 0.3) is 0 Å². The summed E-state index contributed by atoms with van der Waals surface area (Å²) in [6.45, 7) is 12.0. The summed E-state index contributed by atoms with van der Waals surface area (Å²) in [5, 5.41) is 9.02. The summed E-state index contributed by atoms with van der Waals surface area (Å²) in [5.74, 6) is -0.784. The molecule has 0 bridgehead atoms. The maximum absolute atomic E-state index is 11.0. The normalized spacial score (nSPS) is 13.2. The van der Waals surface area contributed by atoms with E-state index in [0.29, 0.717) is 0 Å². The highest BCUT2D eigenvalue weighted by Gasteiger charge is 2.43. The van der Waals surface area contributed by atoms with Crippen LogP contribution in [0.2, 0.25) is 0 Å². The van der Waals surface area contributed by atoms with Gasteiger partial charge in [0.05, 0.1) is 6.42 Å². The monoisotopic (exact) mass is 279 g/mol. The molecule has 0 aliphatic carbocycles. The minimum Gasteiger partial charge on any atom is -0.481 e. The number of carboxylic acids is 1. The molecule has 0 spiro atoms. The Morgan fingerprint density at radius 2 is 1.60 bits per heavy atom. The Kier molecular flexibility index (Phi) is 6.94. The Balaban J connectivity index is 0.00000172. The first-order valence-electron chi connectivity index (χ1n) is 7.21. The molecule has 1 aromatic rings. The first-order valence-corrected chi connectivity index (χ1v) is 7.21. The molecule has 1 unspecified atom stereocenters. The minimum atomic E-state index is -0.784. The van der Waals surface area contributed by atoms with Gasteiger partial charge in [-0.05, 0) is 16.4 Å². The van der Waals surface area contributed by atoms with Crippen molar-refractivity contribution in [1.29, 1.82) is 0 Å². The molecule has 3 N–H and O–H groups in total. The predicted molar refractivity (Wildman–Crippen MR) is 84.5 cm³/mol. The summed E-state index contributed by atoms with van der Waals surface area (Å²) in [4.78, 5) is 11.0. The molecule has 1 aromatic carbocycles. The van der Waals surface area contributed by atoms with Gasteiger partial charge in [-0.2, -0.15) is 0 Å². The molecule has 0 amide bonds. The molecule has 0 aromatic heterocycles. The maximum Gasteiger partial charge on any atom is 0.303 e. The average molecular weight is 279 g/mol. The van der Waals surface area contributed by atoms with Crippen molar-refractivity contribution in [3.63, 3.8) is 0 Å². The van der Waals surface area contributed by atoms with Crippen molar-refractivity contribution in [3.8, 4) is 0 Å². The number of rotatable bonds is 5. The predicted octanol–water partition coefficient (Wildman–Crippen LogP) is 4.24. The molecule has 0 saturated heterocycles. The summed E-state index contributed by atoms with van der Waals surface area (Å²) in [6.07, 6.45) is 0.112. The zero-order valence-electron chi connectivity index (χ0n) is 13.6. The van der Waals surface area contributed by atoms with Crippen molar-refractivity contribution in [2.75, 3.05) is 0 Å². The summed E-state index contributed by atoms with van der Waals surface area (Å²) in [7, 11) is 0. The Morgan fingerprint density at radius 1 is 1.15 bits per heavy atom. The third kappa shape index (κ3) is 4.34. The Morgan fingerprint density at radius 3 is 2.00 bits per heavy atom. The lowest BCUT2D eigenvalue weighted by Gasteiger charge is -2.45. The topological polar surface area (TPSA) is 63.3 Å². The lowest BCUT2D eigenvalue weighted by molar-refractivity contribution is -0.141. The summed E-state index contributed by atoms with van der Waals surface area (Å²) in [5.41, 5.74) is 6.69. The highest BCUT2D eigenvalue weighted by atomic mass is 16.4. The fourth-order valence-corrected chi connectivity index (χ4v) is 2.10. The third-order valence-corrected chi connectivity index (χ3v) is 4.27. The van der Waals surface area contributed by atoms with E-state index in [-0.39, 0.29) is 23.3 Å². The van der Waals surface area contributed by atoms with Crippen LogP contribution in [0.5, 0.6) is 0 Å². The molecule has 0 radical (unpaired) electrons. The number of hydrogen-bond acceptors (Lipinski definition) is 2. The van der Waals surface area contributed by atoms with Crippen LogP contribution in [-0.2, 0) is 4.79 Å². The van der Waals surface area contributed by atoms with E-state index in [1.54, 1.807) is 0 Å². The molecular weight excluding hydrogens is 250 g/mol. The number of carbonyl (C=O) groups is 1. The van der Waals surface area contributed by atoms with Crippen molar-refractivity contribution in [2.45, 2.75) is 54.0 Å². The summed E-state index contributed by atoms with van der Waals surface area (Å²) >= 11 is 0. The molecule has 3 nitrogen and oxygen atoms in total. The van der Waals surface area contributed by atoms with Crippen LogP contribution < -0.4 is 5.73 Å². The van der Waals surface area contributed by atoms with Gasteiger partial charge in [-0.1, -0.05) is 71.9 Å². The van der Waals surface area contributed by atoms with Gasteiger partial charge in [-0.25, -0.2) is 0 Å². The average Bonchev–Trinajstić information content (AvgIpc) is 2.39. The van der Waals surface area contributed by atoms with Crippen molar-refractivity contribution in [3.05, 3.63) is 35.9 Å². The van der Waals surface area contributed by atoms with Crippen molar-refractivity contribution >= 4 is 5.97 Å². The smallest absolute Gasteiger partial charge is 0.303 e. The van der Waals surface area contributed by atoms with E-state index >= 15 is 0 Å². The molecule has 3 heteroatoms. The molecular formula is C17H29NO2. The van der Waals surface area contributed by atoms with E-state index in [1.165, 1.54) is 0 Å². The van der Waals surface area contributed by atoms with Gasteiger partial charge in [0.15, 0.2) is 0 Å². The number of aliphatic carboxylic acids is 1. The largest absolute Gasteiger partial charge is 0.481 e. The van der Waals surface area contributed by atoms with E-state index < -0.39 is 5.97 Å². The second-order valence-electron chi connectivity index (χ2n) is 6.06. The van der Waals surface area contributed by atoms with Crippen molar-refractivity contribution in [2.24, 2.45) is 16.6 Å². The van der Waals surface area contributed by atoms with Gasteiger partial charge in [0.1, 0.15) is 0 Å². The summed E-state index contributed by atoms with van der Waals surface area (Å²) in [6, 6.07) is 9.65. The number of benzene rings is 1. The molecule has 20 heavy (non-hydrogen) atoms. The highest BCUT2D eigenvalue weighted by Crippen LogP contribution is 2.48. The second kappa shape index (κ2) is 7.44. The van der Waals surface area contributed by atoms with E-state index in [9.17, 15) is 4.79 Å². The molecule has 0 heterocycles. The van der Waals surface area contributed by atoms with E-state index in [0.717, 1.165) is 5.56 Å². The van der Waals surface area contributed by atoms with Gasteiger partial charge >= 0.3 is 5.97 Å². The fourth-order valence-electron chi connectivity index (χ4n) is 2.10. The molecule has 0 fully saturated rings. The van der Waals surface area contributed by atoms with Gasteiger partial charge < -0.3 is 10.8 Å². The van der Waals surface area contributed by atoms with Crippen LogP contribution in [0.4, 0.5) is 0 Å². The Bertz CT molecular complexity index is 410. The molecule has 1 atom stereocenters. The van der Waals surface area contributed by atoms with Crippen molar-refractivity contribution < 1.29 is 9.90 Å².